The van der Waals surface area contributed by atoms with E-state index in [0.717, 1.165) is 31.4 Å². The summed E-state index contributed by atoms with van der Waals surface area (Å²) in [5.41, 5.74) is 1.13. The second-order valence-electron chi connectivity index (χ2n) is 5.54. The molecule has 1 unspecified atom stereocenters. The third-order valence-electron chi connectivity index (χ3n) is 3.86. The number of rotatable bonds is 5. The van der Waals surface area contributed by atoms with E-state index in [1.807, 2.05) is 30.3 Å². The molecule has 0 saturated carbocycles. The largest absolute Gasteiger partial charge is 0.389 e. The number of halogens is 1. The third kappa shape index (κ3) is 5.65. The van der Waals surface area contributed by atoms with Crippen molar-refractivity contribution in [2.75, 3.05) is 6.54 Å². The Hall–Kier alpha value is -1.10. The Kier molecular flexibility index (Phi) is 7.72. The molecule has 4 nitrogen and oxygen atoms in total. The molecule has 0 radical (unpaired) electrons. The molecule has 1 heterocycles. The average Bonchev–Trinajstić information content (AvgIpc) is 2.47. The minimum absolute atomic E-state index is 0. The molecule has 5 heteroatoms. The van der Waals surface area contributed by atoms with Gasteiger partial charge < -0.3 is 15.7 Å². The van der Waals surface area contributed by atoms with E-state index in [4.69, 9.17) is 0 Å². The van der Waals surface area contributed by atoms with Crippen molar-refractivity contribution in [1.29, 1.82) is 0 Å². The lowest BCUT2D eigenvalue weighted by Gasteiger charge is -2.33. The fraction of sp³-hybridized carbons (Fsp3) is 0.562. The first-order valence-corrected chi connectivity index (χ1v) is 7.39. The second kappa shape index (κ2) is 9.03. The molecule has 1 saturated heterocycles. The number of carbonyl (C=O) groups excluding carboxylic acids is 1. The lowest BCUT2D eigenvalue weighted by atomic mass is 9.91. The van der Waals surface area contributed by atoms with Crippen LogP contribution in [0, 0.1) is 0 Å². The number of benzene rings is 1. The Morgan fingerprint density at radius 2 is 2.10 bits per heavy atom. The smallest absolute Gasteiger partial charge is 0.217 e. The van der Waals surface area contributed by atoms with Crippen LogP contribution in [0.3, 0.4) is 0 Å². The summed E-state index contributed by atoms with van der Waals surface area (Å²) in [5.74, 6) is -0.0965. The van der Waals surface area contributed by atoms with Gasteiger partial charge in [-0.3, -0.25) is 4.79 Å². The van der Waals surface area contributed by atoms with E-state index in [1.54, 1.807) is 0 Å². The molecule has 1 amide bonds. The maximum absolute atomic E-state index is 11.4. The highest BCUT2D eigenvalue weighted by molar-refractivity contribution is 5.85. The van der Waals surface area contributed by atoms with Gasteiger partial charge in [0.15, 0.2) is 0 Å². The molecule has 118 valence electrons. The van der Waals surface area contributed by atoms with Gasteiger partial charge in [0.05, 0.1) is 12.1 Å². The monoisotopic (exact) mass is 312 g/mol. The molecular weight excluding hydrogens is 288 g/mol. The quantitative estimate of drug-likeness (QED) is 0.775. The van der Waals surface area contributed by atoms with Crippen molar-refractivity contribution < 1.29 is 9.90 Å². The maximum Gasteiger partial charge on any atom is 0.217 e. The molecule has 2 rings (SSSR count). The Morgan fingerprint density at radius 3 is 2.67 bits per heavy atom. The minimum Gasteiger partial charge on any atom is -0.389 e. The number of hydrogen-bond donors (Lipinski definition) is 3. The van der Waals surface area contributed by atoms with Crippen molar-refractivity contribution in [3.63, 3.8) is 0 Å². The fourth-order valence-corrected chi connectivity index (χ4v) is 2.84. The van der Waals surface area contributed by atoms with Gasteiger partial charge in [-0.05, 0) is 31.4 Å². The van der Waals surface area contributed by atoms with Gasteiger partial charge in [0.2, 0.25) is 5.91 Å². The van der Waals surface area contributed by atoms with Crippen LogP contribution < -0.4 is 10.6 Å². The topological polar surface area (TPSA) is 61.4 Å². The summed E-state index contributed by atoms with van der Waals surface area (Å²) in [6.45, 7) is 2.44. The molecule has 0 aliphatic carbocycles. The minimum atomic E-state index is -0.556. The summed E-state index contributed by atoms with van der Waals surface area (Å²) in [6.07, 6.45) is 3.35. The summed E-state index contributed by atoms with van der Waals surface area (Å²) < 4.78 is 0. The van der Waals surface area contributed by atoms with E-state index in [2.05, 4.69) is 10.6 Å². The van der Waals surface area contributed by atoms with E-state index in [-0.39, 0.29) is 30.4 Å². The van der Waals surface area contributed by atoms with Crippen LogP contribution in [0.2, 0.25) is 0 Å². The number of carbonyl (C=O) groups is 1. The van der Waals surface area contributed by atoms with E-state index in [1.165, 1.54) is 6.92 Å². The summed E-state index contributed by atoms with van der Waals surface area (Å²) in [7, 11) is 0. The lowest BCUT2D eigenvalue weighted by Crippen LogP contribution is -2.54. The Bertz CT molecular complexity index is 422. The molecule has 1 aromatic carbocycles. The Morgan fingerprint density at radius 1 is 1.38 bits per heavy atom. The molecule has 1 aliphatic heterocycles. The predicted octanol–water partition coefficient (Wildman–Crippen LogP) is 1.66. The predicted molar refractivity (Wildman–Crippen MR) is 86.6 cm³/mol. The van der Waals surface area contributed by atoms with Crippen LogP contribution in [-0.4, -0.2) is 35.7 Å². The van der Waals surface area contributed by atoms with Gasteiger partial charge in [-0.25, -0.2) is 0 Å². The molecular formula is C16H25ClN2O2. The van der Waals surface area contributed by atoms with Crippen molar-refractivity contribution >= 4 is 18.3 Å². The fourth-order valence-electron chi connectivity index (χ4n) is 2.84. The van der Waals surface area contributed by atoms with E-state index in [0.29, 0.717) is 6.42 Å². The molecule has 0 bridgehead atoms. The van der Waals surface area contributed by atoms with Gasteiger partial charge in [0, 0.05) is 13.0 Å². The van der Waals surface area contributed by atoms with Crippen molar-refractivity contribution in [3.8, 4) is 0 Å². The highest BCUT2D eigenvalue weighted by Crippen LogP contribution is 2.15. The lowest BCUT2D eigenvalue weighted by molar-refractivity contribution is -0.120. The molecule has 3 atom stereocenters. The van der Waals surface area contributed by atoms with Crippen LogP contribution in [0.5, 0.6) is 0 Å². The highest BCUT2D eigenvalue weighted by atomic mass is 35.5. The summed E-state index contributed by atoms with van der Waals surface area (Å²) in [6, 6.07) is 9.80. The van der Waals surface area contributed by atoms with Crippen LogP contribution in [0.4, 0.5) is 0 Å². The molecule has 1 aromatic rings. The molecule has 21 heavy (non-hydrogen) atoms. The first-order valence-electron chi connectivity index (χ1n) is 7.39. The number of piperidine rings is 1. The van der Waals surface area contributed by atoms with E-state index < -0.39 is 6.10 Å². The third-order valence-corrected chi connectivity index (χ3v) is 3.86. The zero-order valence-corrected chi connectivity index (χ0v) is 13.2. The van der Waals surface area contributed by atoms with Crippen molar-refractivity contribution in [1.82, 2.24) is 10.6 Å². The number of amides is 1. The van der Waals surface area contributed by atoms with Crippen LogP contribution in [0.25, 0.3) is 0 Å². The van der Waals surface area contributed by atoms with Crippen molar-refractivity contribution in [2.24, 2.45) is 0 Å². The molecule has 3 N–H and O–H groups in total. The normalized spacial score (nSPS) is 21.0. The van der Waals surface area contributed by atoms with Crippen molar-refractivity contribution in [2.45, 2.75) is 50.8 Å². The van der Waals surface area contributed by atoms with Gasteiger partial charge in [-0.2, -0.15) is 0 Å². The highest BCUT2D eigenvalue weighted by Gasteiger charge is 2.29. The van der Waals surface area contributed by atoms with Crippen LogP contribution in [0.1, 0.15) is 31.7 Å². The zero-order valence-electron chi connectivity index (χ0n) is 12.4. The number of aliphatic hydroxyl groups is 1. The number of aliphatic hydroxyl groups excluding tert-OH is 1. The molecule has 1 fully saturated rings. The average molecular weight is 313 g/mol. The molecule has 1 aliphatic rings. The van der Waals surface area contributed by atoms with Crippen LogP contribution >= 0.6 is 12.4 Å². The molecule has 0 aromatic heterocycles. The number of hydrogen-bond acceptors (Lipinski definition) is 3. The maximum atomic E-state index is 11.4. The van der Waals surface area contributed by atoms with Gasteiger partial charge >= 0.3 is 0 Å². The second-order valence-corrected chi connectivity index (χ2v) is 5.54. The first-order chi connectivity index (χ1) is 9.66. The summed E-state index contributed by atoms with van der Waals surface area (Å²) in [5, 5.41) is 16.8. The van der Waals surface area contributed by atoms with E-state index in [9.17, 15) is 9.90 Å². The van der Waals surface area contributed by atoms with Crippen LogP contribution in [-0.2, 0) is 11.2 Å². The Labute approximate surface area is 132 Å². The first kappa shape index (κ1) is 18.0. The summed E-state index contributed by atoms with van der Waals surface area (Å²) >= 11 is 0. The Balaban J connectivity index is 0.00000220. The molecule has 0 spiro atoms. The standard InChI is InChI=1S/C16H24N2O2.ClH/c1-12(19)18-15(11-13-7-3-2-4-8-13)16(20)14-9-5-6-10-17-14;/h2-4,7-8,14-17,20H,5-6,9-11H2,1H3,(H,18,19);1H/t14?,15-,16+;/m0./s1. The summed E-state index contributed by atoms with van der Waals surface area (Å²) in [4.78, 5) is 11.4. The SMILES string of the molecule is CC(=O)N[C@@H](Cc1ccccc1)[C@H](O)C1CCCCN1.Cl. The van der Waals surface area contributed by atoms with Gasteiger partial charge in [-0.15, -0.1) is 12.4 Å². The zero-order chi connectivity index (χ0) is 14.4. The van der Waals surface area contributed by atoms with Gasteiger partial charge in [-0.1, -0.05) is 36.8 Å². The van der Waals surface area contributed by atoms with Crippen molar-refractivity contribution in [3.05, 3.63) is 35.9 Å². The van der Waals surface area contributed by atoms with Gasteiger partial charge in [0.25, 0.3) is 0 Å². The number of nitrogens with one attached hydrogen (secondary N) is 2. The van der Waals surface area contributed by atoms with E-state index >= 15 is 0 Å². The van der Waals surface area contributed by atoms with Gasteiger partial charge in [0.1, 0.15) is 0 Å². The van der Waals surface area contributed by atoms with Crippen LogP contribution in [0.15, 0.2) is 30.3 Å².